The van der Waals surface area contributed by atoms with E-state index in [1.807, 2.05) is 11.9 Å². The van der Waals surface area contributed by atoms with Crippen molar-refractivity contribution in [3.8, 4) is 11.3 Å². The van der Waals surface area contributed by atoms with Crippen molar-refractivity contribution in [1.29, 1.82) is 0 Å². The van der Waals surface area contributed by atoms with Gasteiger partial charge in [0.2, 0.25) is 0 Å². The zero-order chi connectivity index (χ0) is 21.5. The van der Waals surface area contributed by atoms with Crippen LogP contribution in [-0.2, 0) is 15.7 Å². The maximum atomic E-state index is 13.1. The highest BCUT2D eigenvalue weighted by Crippen LogP contribution is 2.35. The van der Waals surface area contributed by atoms with Crippen molar-refractivity contribution in [3.63, 3.8) is 0 Å². The van der Waals surface area contributed by atoms with Crippen molar-refractivity contribution in [2.24, 2.45) is 0 Å². The summed E-state index contributed by atoms with van der Waals surface area (Å²) in [7, 11) is 1.84. The highest BCUT2D eigenvalue weighted by molar-refractivity contribution is 5.98. The molecule has 1 atom stereocenters. The summed E-state index contributed by atoms with van der Waals surface area (Å²) in [6.07, 6.45) is -4.07. The Morgan fingerprint density at radius 2 is 2.03 bits per heavy atom. The van der Waals surface area contributed by atoms with E-state index in [2.05, 4.69) is 10.3 Å². The number of rotatable bonds is 2. The van der Waals surface area contributed by atoms with Gasteiger partial charge in [0.05, 0.1) is 23.6 Å². The van der Waals surface area contributed by atoms with Gasteiger partial charge in [0.15, 0.2) is 5.82 Å². The molecule has 4 rings (SSSR count). The number of fused-ring (bicyclic) bond motifs is 1. The first kappa shape index (κ1) is 20.0. The van der Waals surface area contributed by atoms with Crippen LogP contribution in [0.4, 0.5) is 29.5 Å². The number of likely N-dealkylation sites (N-methyl/N-ethyl adjacent to an activating group) is 1. The van der Waals surface area contributed by atoms with Gasteiger partial charge in [-0.2, -0.15) is 13.2 Å². The predicted molar refractivity (Wildman–Crippen MR) is 103 cm³/mol. The third-order valence-electron chi connectivity index (χ3n) is 5.14. The maximum absolute atomic E-state index is 13.1. The van der Waals surface area contributed by atoms with Crippen molar-refractivity contribution in [1.82, 2.24) is 10.3 Å². The number of halogens is 3. The van der Waals surface area contributed by atoms with E-state index in [1.54, 1.807) is 12.1 Å². The molecule has 0 bridgehead atoms. The summed E-state index contributed by atoms with van der Waals surface area (Å²) in [5.74, 6) is -0.161. The quantitative estimate of drug-likeness (QED) is 0.756. The molecule has 10 heteroatoms. The van der Waals surface area contributed by atoms with E-state index in [4.69, 9.17) is 4.74 Å². The minimum absolute atomic E-state index is 0.251. The van der Waals surface area contributed by atoms with E-state index in [-0.39, 0.29) is 6.61 Å². The number of amides is 2. The summed E-state index contributed by atoms with van der Waals surface area (Å²) in [4.78, 5) is 32.3. The van der Waals surface area contributed by atoms with Crippen LogP contribution in [0, 0.1) is 0 Å². The topological polar surface area (TPSA) is 74.8 Å². The molecule has 0 spiro atoms. The molecule has 2 amide bonds. The molecule has 2 aromatic rings. The third-order valence-corrected chi connectivity index (χ3v) is 5.14. The fourth-order valence-electron chi connectivity index (χ4n) is 3.48. The van der Waals surface area contributed by atoms with E-state index in [9.17, 15) is 22.8 Å². The maximum Gasteiger partial charge on any atom is 0.416 e. The van der Waals surface area contributed by atoms with E-state index in [1.165, 1.54) is 17.0 Å². The summed E-state index contributed by atoms with van der Waals surface area (Å²) in [6.45, 7) is 1.11. The molecule has 1 aromatic carbocycles. The van der Waals surface area contributed by atoms with E-state index in [0.29, 0.717) is 42.3 Å². The van der Waals surface area contributed by atoms with Crippen LogP contribution in [-0.4, -0.2) is 49.8 Å². The third kappa shape index (κ3) is 3.77. The lowest BCUT2D eigenvalue weighted by molar-refractivity contribution is -0.139. The van der Waals surface area contributed by atoms with Gasteiger partial charge in [-0.1, -0.05) is 12.1 Å². The number of nitrogens with zero attached hydrogens (tertiary/aromatic N) is 3. The molecule has 0 saturated carbocycles. The molecule has 1 unspecified atom stereocenters. The second-order valence-corrected chi connectivity index (χ2v) is 7.15. The highest BCUT2D eigenvalue weighted by atomic mass is 19.4. The Balaban J connectivity index is 1.67. The molecule has 1 saturated heterocycles. The average Bonchev–Trinajstić information content (AvgIpc) is 3.12. The van der Waals surface area contributed by atoms with Gasteiger partial charge >= 0.3 is 18.2 Å². The minimum Gasteiger partial charge on any atom is -0.464 e. The van der Waals surface area contributed by atoms with Crippen LogP contribution < -0.4 is 15.1 Å². The molecule has 30 heavy (non-hydrogen) atoms. The van der Waals surface area contributed by atoms with Gasteiger partial charge in [-0.05, 0) is 24.3 Å². The van der Waals surface area contributed by atoms with Crippen molar-refractivity contribution < 1.29 is 27.5 Å². The highest BCUT2D eigenvalue weighted by Gasteiger charge is 2.33. The zero-order valence-corrected chi connectivity index (χ0v) is 16.1. The number of aromatic nitrogens is 1. The second-order valence-electron chi connectivity index (χ2n) is 7.15. The smallest absolute Gasteiger partial charge is 0.416 e. The summed E-state index contributed by atoms with van der Waals surface area (Å²) < 4.78 is 44.1. The number of alkyl halides is 3. The Labute approximate surface area is 170 Å². The number of anilines is 2. The lowest BCUT2D eigenvalue weighted by Gasteiger charge is -2.35. The molecule has 1 aromatic heterocycles. The molecular weight excluding hydrogens is 401 g/mol. The lowest BCUT2D eigenvalue weighted by Crippen LogP contribution is -2.51. The molecule has 1 fully saturated rings. The van der Waals surface area contributed by atoms with Crippen molar-refractivity contribution >= 4 is 23.5 Å². The van der Waals surface area contributed by atoms with Crippen LogP contribution in [0.25, 0.3) is 11.3 Å². The van der Waals surface area contributed by atoms with E-state index < -0.39 is 29.8 Å². The molecule has 2 aliphatic heterocycles. The number of hydrogen-bond acceptors (Lipinski definition) is 5. The van der Waals surface area contributed by atoms with Gasteiger partial charge in [-0.15, -0.1) is 0 Å². The van der Waals surface area contributed by atoms with E-state index in [0.717, 1.165) is 12.1 Å². The molecule has 7 nitrogen and oxygen atoms in total. The van der Waals surface area contributed by atoms with Crippen LogP contribution >= 0.6 is 0 Å². The fraction of sp³-hybridized carbons (Fsp3) is 0.350. The SMILES string of the molecule is CN1CCN(C(=O)NC2CCOC2=O)c2nc(-c3cccc(C(F)(F)F)c3)ccc21. The predicted octanol–water partition coefficient (Wildman–Crippen LogP) is 3.05. The number of benzene rings is 1. The second kappa shape index (κ2) is 7.51. The van der Waals surface area contributed by atoms with Crippen molar-refractivity contribution in [2.75, 3.05) is 36.5 Å². The van der Waals surface area contributed by atoms with Crippen LogP contribution in [0.15, 0.2) is 36.4 Å². The summed E-state index contributed by atoms with van der Waals surface area (Å²) in [6, 6.07) is 7.02. The first-order valence-electron chi connectivity index (χ1n) is 9.38. The molecule has 1 N–H and O–H groups in total. The Morgan fingerprint density at radius 1 is 1.23 bits per heavy atom. The normalized spacial score (nSPS) is 18.8. The summed E-state index contributed by atoms with van der Waals surface area (Å²) in [5.41, 5.74) is 0.501. The monoisotopic (exact) mass is 420 g/mol. The lowest BCUT2D eigenvalue weighted by atomic mass is 10.1. The Bertz CT molecular complexity index is 996. The Morgan fingerprint density at radius 3 is 2.73 bits per heavy atom. The number of hydrogen-bond donors (Lipinski definition) is 1. The van der Waals surface area contributed by atoms with Crippen LogP contribution in [0.2, 0.25) is 0 Å². The van der Waals surface area contributed by atoms with Crippen molar-refractivity contribution in [3.05, 3.63) is 42.0 Å². The minimum atomic E-state index is -4.47. The van der Waals surface area contributed by atoms with Gasteiger partial charge in [0.25, 0.3) is 0 Å². The fourth-order valence-corrected chi connectivity index (χ4v) is 3.48. The standard InChI is InChI=1S/C20H19F3N4O3/c1-26-8-9-27(19(29)25-15-7-10-30-18(15)28)17-16(26)6-5-14(24-17)12-3-2-4-13(11-12)20(21,22)23/h2-6,11,15H,7-10H2,1H3,(H,25,29). The molecule has 3 heterocycles. The van der Waals surface area contributed by atoms with Crippen LogP contribution in [0.3, 0.4) is 0 Å². The zero-order valence-electron chi connectivity index (χ0n) is 16.1. The van der Waals surface area contributed by atoms with Crippen LogP contribution in [0.5, 0.6) is 0 Å². The Hall–Kier alpha value is -3.30. The van der Waals surface area contributed by atoms with Crippen LogP contribution in [0.1, 0.15) is 12.0 Å². The first-order valence-corrected chi connectivity index (χ1v) is 9.38. The van der Waals surface area contributed by atoms with Gasteiger partial charge in [-0.25, -0.2) is 14.6 Å². The number of nitrogens with one attached hydrogen (secondary N) is 1. The molecule has 0 radical (unpaired) electrons. The number of carbonyl (C=O) groups is 2. The summed E-state index contributed by atoms with van der Waals surface area (Å²) >= 11 is 0. The Kier molecular flexibility index (Phi) is 5.00. The largest absolute Gasteiger partial charge is 0.464 e. The number of cyclic esters (lactones) is 1. The number of pyridine rings is 1. The number of urea groups is 1. The first-order chi connectivity index (χ1) is 14.2. The average molecular weight is 420 g/mol. The number of carbonyl (C=O) groups excluding carboxylic acids is 2. The number of ether oxygens (including phenoxy) is 1. The molecule has 2 aliphatic rings. The molecule has 158 valence electrons. The molecule has 0 aliphatic carbocycles. The summed E-state index contributed by atoms with van der Waals surface area (Å²) in [5, 5.41) is 2.65. The van der Waals surface area contributed by atoms with Crippen molar-refractivity contribution in [2.45, 2.75) is 18.6 Å². The number of esters is 1. The van der Waals surface area contributed by atoms with Gasteiger partial charge in [0.1, 0.15) is 6.04 Å². The molecular formula is C20H19F3N4O3. The van der Waals surface area contributed by atoms with Gasteiger partial charge in [0, 0.05) is 32.1 Å². The van der Waals surface area contributed by atoms with E-state index >= 15 is 0 Å². The van der Waals surface area contributed by atoms with Gasteiger partial charge < -0.3 is 15.0 Å². The van der Waals surface area contributed by atoms with Gasteiger partial charge in [-0.3, -0.25) is 4.90 Å².